The maximum Gasteiger partial charge on any atom is 0.222 e. The molecule has 1 aromatic carbocycles. The van der Waals surface area contributed by atoms with E-state index < -0.39 is 0 Å². The van der Waals surface area contributed by atoms with Crippen LogP contribution in [0.3, 0.4) is 0 Å². The van der Waals surface area contributed by atoms with Crippen molar-refractivity contribution in [3.05, 3.63) is 42.1 Å². The third kappa shape index (κ3) is 2.00. The summed E-state index contributed by atoms with van der Waals surface area (Å²) in [6.45, 7) is 1.57. The van der Waals surface area contributed by atoms with Crippen molar-refractivity contribution >= 4 is 16.8 Å². The lowest BCUT2D eigenvalue weighted by molar-refractivity contribution is -0.128. The number of pyridine rings is 1. The molecule has 2 heterocycles. The largest absolute Gasteiger partial charge is 0.338 e. The Morgan fingerprint density at radius 2 is 2.18 bits per heavy atom. The highest BCUT2D eigenvalue weighted by molar-refractivity contribution is 5.80. The number of carbonyl (C=O) groups is 1. The molecule has 1 saturated heterocycles. The number of likely N-dealkylation sites (tertiary alicyclic amines) is 1. The second-order valence-corrected chi connectivity index (χ2v) is 4.46. The SMILES string of the molecule is O=C1CCCN1Cc1cnc2ccccc2c1. The molecule has 0 unspecified atom stereocenters. The van der Waals surface area contributed by atoms with Crippen LogP contribution in [0, 0.1) is 0 Å². The van der Waals surface area contributed by atoms with Crippen molar-refractivity contribution in [1.82, 2.24) is 9.88 Å². The van der Waals surface area contributed by atoms with Gasteiger partial charge in [0.1, 0.15) is 0 Å². The Kier molecular flexibility index (Phi) is 2.52. The van der Waals surface area contributed by atoms with Crippen LogP contribution in [0.15, 0.2) is 36.5 Å². The van der Waals surface area contributed by atoms with E-state index in [0.717, 1.165) is 29.4 Å². The first-order valence-corrected chi connectivity index (χ1v) is 5.94. The van der Waals surface area contributed by atoms with Gasteiger partial charge in [0.15, 0.2) is 0 Å². The van der Waals surface area contributed by atoms with Gasteiger partial charge in [-0.1, -0.05) is 18.2 Å². The fraction of sp³-hybridized carbons (Fsp3) is 0.286. The third-order valence-corrected chi connectivity index (χ3v) is 3.19. The van der Waals surface area contributed by atoms with Crippen LogP contribution in [0.5, 0.6) is 0 Å². The molecule has 1 amide bonds. The lowest BCUT2D eigenvalue weighted by Gasteiger charge is -2.15. The van der Waals surface area contributed by atoms with Crippen molar-refractivity contribution < 1.29 is 4.79 Å². The number of amides is 1. The van der Waals surface area contributed by atoms with Gasteiger partial charge in [0.25, 0.3) is 0 Å². The standard InChI is InChI=1S/C14H14N2O/c17-14-6-3-7-16(14)10-11-8-12-4-1-2-5-13(12)15-9-11/h1-2,4-5,8-9H,3,6-7,10H2. The molecule has 0 atom stereocenters. The fourth-order valence-corrected chi connectivity index (χ4v) is 2.29. The van der Waals surface area contributed by atoms with Gasteiger partial charge in [-0.2, -0.15) is 0 Å². The van der Waals surface area contributed by atoms with Gasteiger partial charge in [0.2, 0.25) is 5.91 Å². The molecule has 86 valence electrons. The number of fused-ring (bicyclic) bond motifs is 1. The van der Waals surface area contributed by atoms with Crippen LogP contribution in [-0.4, -0.2) is 22.3 Å². The first-order chi connectivity index (χ1) is 8.33. The highest BCUT2D eigenvalue weighted by Crippen LogP contribution is 2.17. The van der Waals surface area contributed by atoms with Crippen LogP contribution in [0.4, 0.5) is 0 Å². The van der Waals surface area contributed by atoms with E-state index in [9.17, 15) is 4.79 Å². The normalized spacial score (nSPS) is 15.8. The van der Waals surface area contributed by atoms with Crippen molar-refractivity contribution in [2.45, 2.75) is 19.4 Å². The molecule has 2 aromatic rings. The molecule has 0 spiro atoms. The zero-order valence-corrected chi connectivity index (χ0v) is 9.60. The first-order valence-electron chi connectivity index (χ1n) is 5.94. The lowest BCUT2D eigenvalue weighted by Crippen LogP contribution is -2.23. The Morgan fingerprint density at radius 3 is 3.00 bits per heavy atom. The van der Waals surface area contributed by atoms with Crippen LogP contribution in [-0.2, 0) is 11.3 Å². The van der Waals surface area contributed by atoms with Crippen LogP contribution in [0.2, 0.25) is 0 Å². The maximum atomic E-state index is 11.5. The van der Waals surface area contributed by atoms with E-state index in [1.165, 1.54) is 0 Å². The highest BCUT2D eigenvalue weighted by atomic mass is 16.2. The Bertz CT molecular complexity index is 565. The molecule has 0 N–H and O–H groups in total. The summed E-state index contributed by atoms with van der Waals surface area (Å²) >= 11 is 0. The van der Waals surface area contributed by atoms with E-state index in [2.05, 4.69) is 17.1 Å². The number of benzene rings is 1. The second-order valence-electron chi connectivity index (χ2n) is 4.46. The molecular formula is C14H14N2O. The summed E-state index contributed by atoms with van der Waals surface area (Å²) in [6, 6.07) is 10.2. The van der Waals surface area contributed by atoms with Crippen molar-refractivity contribution in [2.75, 3.05) is 6.54 Å². The van der Waals surface area contributed by atoms with Crippen LogP contribution >= 0.6 is 0 Å². The summed E-state index contributed by atoms with van der Waals surface area (Å²) in [4.78, 5) is 17.9. The van der Waals surface area contributed by atoms with Crippen molar-refractivity contribution in [3.8, 4) is 0 Å². The van der Waals surface area contributed by atoms with E-state index in [-0.39, 0.29) is 5.91 Å². The number of rotatable bonds is 2. The molecule has 0 aliphatic carbocycles. The number of carbonyl (C=O) groups excluding carboxylic acids is 1. The molecule has 3 nitrogen and oxygen atoms in total. The summed E-state index contributed by atoms with van der Waals surface area (Å²) in [6.07, 6.45) is 3.55. The van der Waals surface area contributed by atoms with E-state index in [4.69, 9.17) is 0 Å². The van der Waals surface area contributed by atoms with Gasteiger partial charge in [0, 0.05) is 31.1 Å². The first kappa shape index (κ1) is 10.3. The summed E-state index contributed by atoms with van der Waals surface area (Å²) in [5, 5.41) is 1.14. The lowest BCUT2D eigenvalue weighted by atomic mass is 10.1. The summed E-state index contributed by atoms with van der Waals surface area (Å²) < 4.78 is 0. The Morgan fingerprint density at radius 1 is 1.29 bits per heavy atom. The van der Waals surface area contributed by atoms with E-state index >= 15 is 0 Å². The second kappa shape index (κ2) is 4.17. The smallest absolute Gasteiger partial charge is 0.222 e. The topological polar surface area (TPSA) is 33.2 Å². The molecule has 0 radical (unpaired) electrons. The third-order valence-electron chi connectivity index (χ3n) is 3.19. The average Bonchev–Trinajstić information content (AvgIpc) is 2.75. The van der Waals surface area contributed by atoms with Gasteiger partial charge >= 0.3 is 0 Å². The molecule has 1 aliphatic heterocycles. The fourth-order valence-electron chi connectivity index (χ4n) is 2.29. The van der Waals surface area contributed by atoms with Gasteiger partial charge in [-0.25, -0.2) is 0 Å². The molecule has 0 bridgehead atoms. The van der Waals surface area contributed by atoms with Crippen LogP contribution in [0.25, 0.3) is 10.9 Å². The molecule has 1 aromatic heterocycles. The molecular weight excluding hydrogens is 212 g/mol. The maximum absolute atomic E-state index is 11.5. The minimum atomic E-state index is 0.262. The minimum Gasteiger partial charge on any atom is -0.338 e. The van der Waals surface area contributed by atoms with E-state index in [1.807, 2.05) is 29.3 Å². The van der Waals surface area contributed by atoms with Gasteiger partial charge in [0.05, 0.1) is 5.52 Å². The van der Waals surface area contributed by atoms with Gasteiger partial charge < -0.3 is 4.90 Å². The Labute approximate surface area is 100 Å². The zero-order chi connectivity index (χ0) is 11.7. The monoisotopic (exact) mass is 226 g/mol. The number of para-hydroxylation sites is 1. The van der Waals surface area contributed by atoms with Crippen LogP contribution < -0.4 is 0 Å². The minimum absolute atomic E-state index is 0.262. The molecule has 1 fully saturated rings. The van der Waals surface area contributed by atoms with Crippen LogP contribution in [0.1, 0.15) is 18.4 Å². The van der Waals surface area contributed by atoms with Crippen molar-refractivity contribution in [3.63, 3.8) is 0 Å². The number of hydrogen-bond acceptors (Lipinski definition) is 2. The predicted molar refractivity (Wildman–Crippen MR) is 66.4 cm³/mol. The van der Waals surface area contributed by atoms with E-state index in [0.29, 0.717) is 13.0 Å². The molecule has 17 heavy (non-hydrogen) atoms. The zero-order valence-electron chi connectivity index (χ0n) is 9.60. The van der Waals surface area contributed by atoms with Crippen molar-refractivity contribution in [2.24, 2.45) is 0 Å². The average molecular weight is 226 g/mol. The van der Waals surface area contributed by atoms with Gasteiger partial charge in [-0.05, 0) is 24.1 Å². The number of hydrogen-bond donors (Lipinski definition) is 0. The van der Waals surface area contributed by atoms with Crippen molar-refractivity contribution in [1.29, 1.82) is 0 Å². The number of nitrogens with zero attached hydrogens (tertiary/aromatic N) is 2. The van der Waals surface area contributed by atoms with Gasteiger partial charge in [-0.15, -0.1) is 0 Å². The molecule has 0 saturated carbocycles. The Hall–Kier alpha value is -1.90. The quantitative estimate of drug-likeness (QED) is 0.787. The molecule has 3 rings (SSSR count). The van der Waals surface area contributed by atoms with E-state index in [1.54, 1.807) is 0 Å². The number of aromatic nitrogens is 1. The van der Waals surface area contributed by atoms with Gasteiger partial charge in [-0.3, -0.25) is 9.78 Å². The Balaban J connectivity index is 1.88. The molecule has 1 aliphatic rings. The summed E-state index contributed by atoms with van der Waals surface area (Å²) in [5.74, 6) is 0.262. The summed E-state index contributed by atoms with van der Waals surface area (Å²) in [7, 11) is 0. The molecule has 3 heteroatoms. The summed E-state index contributed by atoms with van der Waals surface area (Å²) in [5.41, 5.74) is 2.11. The predicted octanol–water partition coefficient (Wildman–Crippen LogP) is 2.36. The highest BCUT2D eigenvalue weighted by Gasteiger charge is 2.19.